The predicted molar refractivity (Wildman–Crippen MR) is 110 cm³/mol. The maximum absolute atomic E-state index is 12.9. The molecule has 1 amide bonds. The zero-order valence-electron chi connectivity index (χ0n) is 15.4. The van der Waals surface area contributed by atoms with Crippen molar-refractivity contribution in [1.29, 1.82) is 0 Å². The van der Waals surface area contributed by atoms with Crippen LogP contribution in [-0.4, -0.2) is 39.6 Å². The Morgan fingerprint density at radius 3 is 2.79 bits per heavy atom. The number of carbonyl (C=O) groups is 1. The van der Waals surface area contributed by atoms with Gasteiger partial charge in [-0.2, -0.15) is 0 Å². The zero-order chi connectivity index (χ0) is 19.7. The van der Waals surface area contributed by atoms with Gasteiger partial charge in [-0.25, -0.2) is 4.98 Å². The lowest BCUT2D eigenvalue weighted by atomic mass is 10.1. The van der Waals surface area contributed by atoms with Gasteiger partial charge in [0.25, 0.3) is 5.56 Å². The van der Waals surface area contributed by atoms with Crippen LogP contribution in [0.5, 0.6) is 0 Å². The average molecular weight is 442 g/mol. The molecule has 4 rings (SSSR count). The van der Waals surface area contributed by atoms with E-state index in [1.54, 1.807) is 17.0 Å². The quantitative estimate of drug-likeness (QED) is 0.625. The molecule has 2 unspecified atom stereocenters. The molecule has 0 spiro atoms. The number of hydrogen-bond donors (Lipinski definition) is 0. The fourth-order valence-electron chi connectivity index (χ4n) is 3.50. The number of aromatic nitrogens is 2. The molecule has 0 saturated carbocycles. The number of carbonyl (C=O) groups excluding carboxylic acids is 1. The summed E-state index contributed by atoms with van der Waals surface area (Å²) in [7, 11) is 0. The van der Waals surface area contributed by atoms with Crippen molar-refractivity contribution >= 4 is 32.7 Å². The van der Waals surface area contributed by atoms with E-state index in [-0.39, 0.29) is 30.2 Å². The molecule has 28 heavy (non-hydrogen) atoms. The Morgan fingerprint density at radius 1 is 1.21 bits per heavy atom. The first-order valence-corrected chi connectivity index (χ1v) is 9.93. The normalized spacial score (nSPS) is 19.7. The lowest BCUT2D eigenvalue weighted by molar-refractivity contribution is -0.145. The van der Waals surface area contributed by atoms with Crippen LogP contribution in [0.15, 0.2) is 64.1 Å². The fraction of sp³-hybridized carbons (Fsp3) is 0.286. The van der Waals surface area contributed by atoms with Crippen molar-refractivity contribution in [2.45, 2.75) is 25.7 Å². The maximum Gasteiger partial charge on any atom is 0.261 e. The van der Waals surface area contributed by atoms with Crippen molar-refractivity contribution in [3.05, 3.63) is 75.2 Å². The standard InChI is InChI=1S/C21H20BrN3O3/c1-14-10-24(11-19(28-14)15-5-3-2-4-6-15)20(26)12-25-13-23-18-8-7-16(22)9-17(18)21(25)27/h2-9,13-14,19H,10-12H2,1H3. The van der Waals surface area contributed by atoms with Crippen LogP contribution in [-0.2, 0) is 16.1 Å². The van der Waals surface area contributed by atoms with Gasteiger partial charge in [-0.1, -0.05) is 46.3 Å². The van der Waals surface area contributed by atoms with Crippen LogP contribution in [0.25, 0.3) is 10.9 Å². The van der Waals surface area contributed by atoms with E-state index in [2.05, 4.69) is 20.9 Å². The molecule has 144 valence electrons. The zero-order valence-corrected chi connectivity index (χ0v) is 17.0. The van der Waals surface area contributed by atoms with Gasteiger partial charge in [-0.3, -0.25) is 14.2 Å². The summed E-state index contributed by atoms with van der Waals surface area (Å²) in [5.41, 5.74) is 1.43. The highest BCUT2D eigenvalue weighted by Gasteiger charge is 2.29. The summed E-state index contributed by atoms with van der Waals surface area (Å²) in [6, 6.07) is 15.2. The van der Waals surface area contributed by atoms with Crippen LogP contribution < -0.4 is 5.56 Å². The minimum absolute atomic E-state index is 0.0392. The number of fused-ring (bicyclic) bond motifs is 1. The van der Waals surface area contributed by atoms with Crippen molar-refractivity contribution in [3.8, 4) is 0 Å². The third kappa shape index (κ3) is 3.86. The van der Waals surface area contributed by atoms with Gasteiger partial charge in [-0.15, -0.1) is 0 Å². The van der Waals surface area contributed by atoms with Gasteiger partial charge < -0.3 is 9.64 Å². The van der Waals surface area contributed by atoms with Gasteiger partial charge in [-0.05, 0) is 30.7 Å². The minimum Gasteiger partial charge on any atom is -0.367 e. The smallest absolute Gasteiger partial charge is 0.261 e. The Morgan fingerprint density at radius 2 is 2.00 bits per heavy atom. The second-order valence-electron chi connectivity index (χ2n) is 6.98. The van der Waals surface area contributed by atoms with Gasteiger partial charge in [0.2, 0.25) is 5.91 Å². The van der Waals surface area contributed by atoms with E-state index >= 15 is 0 Å². The summed E-state index contributed by atoms with van der Waals surface area (Å²) in [4.78, 5) is 31.7. The minimum atomic E-state index is -0.222. The molecule has 2 aromatic carbocycles. The molecule has 1 fully saturated rings. The summed E-state index contributed by atoms with van der Waals surface area (Å²) >= 11 is 3.37. The monoisotopic (exact) mass is 441 g/mol. The number of rotatable bonds is 3. The highest BCUT2D eigenvalue weighted by molar-refractivity contribution is 9.10. The molecule has 1 aromatic heterocycles. The Balaban J connectivity index is 1.55. The molecule has 2 heterocycles. The summed E-state index contributed by atoms with van der Waals surface area (Å²) < 4.78 is 8.19. The summed E-state index contributed by atoms with van der Waals surface area (Å²) in [5, 5.41) is 0.488. The van der Waals surface area contributed by atoms with Crippen molar-refractivity contribution in [3.63, 3.8) is 0 Å². The molecule has 0 bridgehead atoms. The van der Waals surface area contributed by atoms with E-state index in [9.17, 15) is 9.59 Å². The molecule has 3 aromatic rings. The molecule has 1 saturated heterocycles. The van der Waals surface area contributed by atoms with Crippen LogP contribution in [0.3, 0.4) is 0 Å². The topological polar surface area (TPSA) is 64.4 Å². The fourth-order valence-corrected chi connectivity index (χ4v) is 3.86. The van der Waals surface area contributed by atoms with Crippen molar-refractivity contribution < 1.29 is 9.53 Å². The van der Waals surface area contributed by atoms with E-state index < -0.39 is 0 Å². The Kier molecular flexibility index (Phi) is 5.28. The predicted octanol–water partition coefficient (Wildman–Crippen LogP) is 3.15. The van der Waals surface area contributed by atoms with Crippen LogP contribution in [0.1, 0.15) is 18.6 Å². The molecule has 0 aliphatic carbocycles. The van der Waals surface area contributed by atoms with Gasteiger partial charge in [0.05, 0.1) is 29.9 Å². The summed E-state index contributed by atoms with van der Waals surface area (Å²) in [6.07, 6.45) is 1.19. The van der Waals surface area contributed by atoms with E-state index in [0.717, 1.165) is 10.0 Å². The highest BCUT2D eigenvalue weighted by atomic mass is 79.9. The second-order valence-corrected chi connectivity index (χ2v) is 7.90. The Labute approximate surface area is 170 Å². The van der Waals surface area contributed by atoms with Gasteiger partial charge in [0, 0.05) is 11.0 Å². The molecule has 2 atom stereocenters. The first-order chi connectivity index (χ1) is 13.5. The first-order valence-electron chi connectivity index (χ1n) is 9.14. The van der Waals surface area contributed by atoms with E-state index in [0.29, 0.717) is 24.0 Å². The average Bonchev–Trinajstić information content (AvgIpc) is 2.70. The van der Waals surface area contributed by atoms with E-state index in [4.69, 9.17) is 4.74 Å². The second kappa shape index (κ2) is 7.85. The summed E-state index contributed by atoms with van der Waals surface area (Å²) in [5.74, 6) is -0.116. The first kappa shape index (κ1) is 18.8. The van der Waals surface area contributed by atoms with E-state index in [1.165, 1.54) is 10.9 Å². The van der Waals surface area contributed by atoms with Gasteiger partial charge in [0.15, 0.2) is 0 Å². The van der Waals surface area contributed by atoms with Crippen LogP contribution in [0, 0.1) is 0 Å². The molecule has 0 radical (unpaired) electrons. The van der Waals surface area contributed by atoms with Gasteiger partial charge >= 0.3 is 0 Å². The molecule has 1 aliphatic heterocycles. The van der Waals surface area contributed by atoms with Crippen LogP contribution >= 0.6 is 15.9 Å². The van der Waals surface area contributed by atoms with Gasteiger partial charge in [0.1, 0.15) is 12.6 Å². The van der Waals surface area contributed by atoms with Crippen molar-refractivity contribution in [1.82, 2.24) is 14.5 Å². The lowest BCUT2D eigenvalue weighted by Crippen LogP contribution is -2.47. The number of benzene rings is 2. The maximum atomic E-state index is 12.9. The van der Waals surface area contributed by atoms with E-state index in [1.807, 2.05) is 43.3 Å². The molecule has 1 aliphatic rings. The molecular weight excluding hydrogens is 422 g/mol. The third-order valence-electron chi connectivity index (χ3n) is 4.88. The molecular formula is C21H20BrN3O3. The number of hydrogen-bond acceptors (Lipinski definition) is 4. The molecule has 0 N–H and O–H groups in total. The number of ether oxygens (including phenoxy) is 1. The number of nitrogens with zero attached hydrogens (tertiary/aromatic N) is 3. The van der Waals surface area contributed by atoms with Crippen LogP contribution in [0.2, 0.25) is 0 Å². The Hall–Kier alpha value is -2.51. The largest absolute Gasteiger partial charge is 0.367 e. The number of halogens is 1. The Bertz CT molecular complexity index is 1070. The van der Waals surface area contributed by atoms with Crippen molar-refractivity contribution in [2.75, 3.05) is 13.1 Å². The molecule has 7 heteroatoms. The number of morpholine rings is 1. The lowest BCUT2D eigenvalue weighted by Gasteiger charge is -2.37. The third-order valence-corrected chi connectivity index (χ3v) is 5.37. The van der Waals surface area contributed by atoms with Crippen LogP contribution in [0.4, 0.5) is 0 Å². The highest BCUT2D eigenvalue weighted by Crippen LogP contribution is 2.25. The summed E-state index contributed by atoms with van der Waals surface area (Å²) in [6.45, 7) is 2.89. The molecule has 6 nitrogen and oxygen atoms in total. The number of amides is 1. The SMILES string of the molecule is CC1CN(C(=O)Cn2cnc3ccc(Br)cc3c2=O)CC(c2ccccc2)O1. The van der Waals surface area contributed by atoms with Crippen molar-refractivity contribution in [2.24, 2.45) is 0 Å².